The summed E-state index contributed by atoms with van der Waals surface area (Å²) in [5, 5.41) is 11.6. The Bertz CT molecular complexity index is 1050. The average molecular weight is 474 g/mol. The van der Waals surface area contributed by atoms with Crippen LogP contribution in [0.1, 0.15) is 23.0 Å². The minimum atomic E-state index is -0.428. The number of hydrogen-bond donors (Lipinski definition) is 2. The van der Waals surface area contributed by atoms with Crippen molar-refractivity contribution >= 4 is 39.3 Å². The van der Waals surface area contributed by atoms with Crippen molar-refractivity contribution in [2.75, 3.05) is 17.9 Å². The molecule has 0 aliphatic carbocycles. The molecule has 0 radical (unpaired) electrons. The van der Waals surface area contributed by atoms with Crippen LogP contribution in [0.3, 0.4) is 0 Å². The lowest BCUT2D eigenvalue weighted by Gasteiger charge is -2.33. The van der Waals surface area contributed by atoms with Crippen molar-refractivity contribution in [1.29, 1.82) is 0 Å². The average Bonchev–Trinajstić information content (AvgIpc) is 3.09. The van der Waals surface area contributed by atoms with Gasteiger partial charge in [0.1, 0.15) is 16.8 Å². The number of carbonyl (C=O) groups excluding carboxylic acids is 1. The number of methoxy groups -OCH3 is 1. The maximum atomic E-state index is 13.3. The lowest BCUT2D eigenvalue weighted by atomic mass is 10.0. The summed E-state index contributed by atoms with van der Waals surface area (Å²) in [4.78, 5) is 13.3. The Labute approximate surface area is 181 Å². The van der Waals surface area contributed by atoms with Gasteiger partial charge in [0.25, 0.3) is 0 Å². The molecular formula is C20H20BrN5O2S. The van der Waals surface area contributed by atoms with Gasteiger partial charge < -0.3 is 15.5 Å². The lowest BCUT2D eigenvalue weighted by molar-refractivity contribution is -0.116. The van der Waals surface area contributed by atoms with E-state index in [4.69, 9.17) is 4.74 Å². The third-order valence-corrected chi connectivity index (χ3v) is 6.49. The van der Waals surface area contributed by atoms with Crippen LogP contribution in [0.2, 0.25) is 0 Å². The summed E-state index contributed by atoms with van der Waals surface area (Å²) in [5.41, 5.74) is 6.15. The first-order valence-electron chi connectivity index (χ1n) is 9.02. The number of aromatic nitrogens is 3. The molecule has 1 aromatic heterocycles. The summed E-state index contributed by atoms with van der Waals surface area (Å²) in [5.74, 6) is 1.42. The van der Waals surface area contributed by atoms with Gasteiger partial charge in [-0.05, 0) is 55.3 Å². The summed E-state index contributed by atoms with van der Waals surface area (Å²) in [6.45, 7) is 3.84. The number of nitrogens with one attached hydrogen (secondary N) is 2. The fraction of sp³-hybridized carbons (Fsp3) is 0.250. The van der Waals surface area contributed by atoms with Crippen LogP contribution in [-0.4, -0.2) is 33.1 Å². The predicted molar refractivity (Wildman–Crippen MR) is 117 cm³/mol. The second-order valence-corrected chi connectivity index (χ2v) is 8.76. The molecule has 3 aromatic rings. The molecule has 150 valence electrons. The van der Waals surface area contributed by atoms with Crippen LogP contribution < -0.4 is 15.5 Å². The Morgan fingerprint density at radius 3 is 2.66 bits per heavy atom. The SMILES string of the molecule is COc1ccc([C@H]2Nn3c(C)nnc3S[C@@H]2C(=O)Nc2ccc(Br)cc2C)cc1. The molecular weight excluding hydrogens is 454 g/mol. The highest BCUT2D eigenvalue weighted by Gasteiger charge is 2.37. The van der Waals surface area contributed by atoms with Gasteiger partial charge in [-0.15, -0.1) is 10.2 Å². The Morgan fingerprint density at radius 2 is 1.97 bits per heavy atom. The van der Waals surface area contributed by atoms with Crippen LogP contribution in [0, 0.1) is 13.8 Å². The summed E-state index contributed by atoms with van der Waals surface area (Å²) in [6.07, 6.45) is 0. The number of nitrogens with zero attached hydrogens (tertiary/aromatic N) is 3. The molecule has 0 saturated heterocycles. The van der Waals surface area contributed by atoms with Crippen molar-refractivity contribution in [3.05, 3.63) is 63.9 Å². The maximum Gasteiger partial charge on any atom is 0.240 e. The number of amides is 1. The molecule has 1 aliphatic rings. The van der Waals surface area contributed by atoms with E-state index >= 15 is 0 Å². The highest BCUT2D eigenvalue weighted by atomic mass is 79.9. The van der Waals surface area contributed by atoms with Crippen LogP contribution in [0.4, 0.5) is 5.69 Å². The second-order valence-electron chi connectivity index (χ2n) is 6.73. The summed E-state index contributed by atoms with van der Waals surface area (Å²) < 4.78 is 8.06. The molecule has 0 spiro atoms. The van der Waals surface area contributed by atoms with Gasteiger partial charge in [0, 0.05) is 10.2 Å². The van der Waals surface area contributed by atoms with Gasteiger partial charge in [0.15, 0.2) is 0 Å². The van der Waals surface area contributed by atoms with Gasteiger partial charge in [-0.3, -0.25) is 4.79 Å². The quantitative estimate of drug-likeness (QED) is 0.594. The molecule has 1 amide bonds. The molecule has 0 saturated carbocycles. The van der Waals surface area contributed by atoms with Crippen molar-refractivity contribution in [2.24, 2.45) is 0 Å². The van der Waals surface area contributed by atoms with Crippen LogP contribution in [0.5, 0.6) is 5.75 Å². The van der Waals surface area contributed by atoms with E-state index in [1.807, 2.05) is 61.0 Å². The van der Waals surface area contributed by atoms with E-state index < -0.39 is 5.25 Å². The molecule has 2 atom stereocenters. The van der Waals surface area contributed by atoms with Crippen LogP contribution >= 0.6 is 27.7 Å². The minimum Gasteiger partial charge on any atom is -0.497 e. The predicted octanol–water partition coefficient (Wildman–Crippen LogP) is 4.06. The number of halogens is 1. The zero-order valence-electron chi connectivity index (χ0n) is 16.1. The van der Waals surface area contributed by atoms with E-state index in [1.165, 1.54) is 11.8 Å². The normalized spacial score (nSPS) is 17.9. The van der Waals surface area contributed by atoms with E-state index in [9.17, 15) is 4.79 Å². The minimum absolute atomic E-state index is 0.0966. The zero-order valence-corrected chi connectivity index (χ0v) is 18.5. The molecule has 1 aliphatic heterocycles. The lowest BCUT2D eigenvalue weighted by Crippen LogP contribution is -2.41. The van der Waals surface area contributed by atoms with E-state index in [1.54, 1.807) is 7.11 Å². The summed E-state index contributed by atoms with van der Waals surface area (Å²) >= 11 is 4.86. The molecule has 2 heterocycles. The Kier molecular flexibility index (Phi) is 5.51. The van der Waals surface area contributed by atoms with Gasteiger partial charge in [-0.1, -0.05) is 39.8 Å². The highest BCUT2D eigenvalue weighted by molar-refractivity contribution is 9.10. The fourth-order valence-corrected chi connectivity index (χ4v) is 4.79. The molecule has 2 N–H and O–H groups in total. The summed E-state index contributed by atoms with van der Waals surface area (Å²) in [7, 11) is 1.63. The van der Waals surface area contributed by atoms with Crippen molar-refractivity contribution < 1.29 is 9.53 Å². The zero-order chi connectivity index (χ0) is 20.5. The highest BCUT2D eigenvalue weighted by Crippen LogP contribution is 2.38. The Hall–Kier alpha value is -2.52. The van der Waals surface area contributed by atoms with Crippen molar-refractivity contribution in [3.8, 4) is 5.75 Å². The van der Waals surface area contributed by atoms with E-state index in [2.05, 4.69) is 36.9 Å². The molecule has 2 aromatic carbocycles. The third kappa shape index (κ3) is 3.97. The number of hydrogen-bond acceptors (Lipinski definition) is 6. The van der Waals surface area contributed by atoms with Crippen LogP contribution in [0.15, 0.2) is 52.1 Å². The van der Waals surface area contributed by atoms with Crippen LogP contribution in [0.25, 0.3) is 0 Å². The smallest absolute Gasteiger partial charge is 0.240 e. The second kappa shape index (κ2) is 8.08. The Balaban J connectivity index is 1.66. The van der Waals surface area contributed by atoms with Crippen molar-refractivity contribution in [1.82, 2.24) is 14.9 Å². The van der Waals surface area contributed by atoms with Gasteiger partial charge in [0.05, 0.1) is 13.2 Å². The van der Waals surface area contributed by atoms with Gasteiger partial charge in [-0.25, -0.2) is 4.68 Å². The first-order chi connectivity index (χ1) is 14.0. The van der Waals surface area contributed by atoms with E-state index in [0.717, 1.165) is 32.9 Å². The molecule has 29 heavy (non-hydrogen) atoms. The molecule has 9 heteroatoms. The molecule has 4 rings (SSSR count). The number of anilines is 1. The molecule has 0 fully saturated rings. The maximum absolute atomic E-state index is 13.3. The number of ether oxygens (including phenoxy) is 1. The number of thioether (sulfide) groups is 1. The van der Waals surface area contributed by atoms with Gasteiger partial charge in [-0.2, -0.15) is 0 Å². The monoisotopic (exact) mass is 473 g/mol. The first kappa shape index (κ1) is 19.8. The van der Waals surface area contributed by atoms with Crippen molar-refractivity contribution in [3.63, 3.8) is 0 Å². The largest absolute Gasteiger partial charge is 0.497 e. The number of aryl methyl sites for hydroxylation is 2. The van der Waals surface area contributed by atoms with Crippen molar-refractivity contribution in [2.45, 2.75) is 30.3 Å². The molecule has 0 bridgehead atoms. The fourth-order valence-electron chi connectivity index (χ4n) is 3.19. The summed E-state index contributed by atoms with van der Waals surface area (Å²) in [6, 6.07) is 13.2. The first-order valence-corrected chi connectivity index (χ1v) is 10.7. The number of carbonyl (C=O) groups is 1. The number of fused-ring (bicyclic) bond motifs is 1. The van der Waals surface area contributed by atoms with Crippen LogP contribution in [-0.2, 0) is 4.79 Å². The van der Waals surface area contributed by atoms with Gasteiger partial charge in [0.2, 0.25) is 11.1 Å². The van der Waals surface area contributed by atoms with E-state index in [-0.39, 0.29) is 11.9 Å². The third-order valence-electron chi connectivity index (χ3n) is 4.78. The number of benzene rings is 2. The Morgan fingerprint density at radius 1 is 1.21 bits per heavy atom. The standard InChI is InChI=1S/C20H20BrN5O2S/c1-11-10-14(21)6-9-16(11)22-19(27)18-17(13-4-7-15(28-3)8-5-13)25-26-12(2)23-24-20(26)29-18/h4-10,17-18,25H,1-3H3,(H,22,27)/t17-,18+/m1/s1. The van der Waals surface area contributed by atoms with E-state index in [0.29, 0.717) is 5.16 Å². The van der Waals surface area contributed by atoms with Gasteiger partial charge >= 0.3 is 0 Å². The number of rotatable bonds is 4. The molecule has 7 nitrogen and oxygen atoms in total. The topological polar surface area (TPSA) is 81.1 Å². The molecule has 0 unspecified atom stereocenters.